The maximum Gasteiger partial charge on any atom is 0.255 e. The molecule has 0 unspecified atom stereocenters. The molecule has 6 nitrogen and oxygen atoms in total. The smallest absolute Gasteiger partial charge is 0.255 e. The van der Waals surface area contributed by atoms with Gasteiger partial charge in [0.05, 0.1) is 11.4 Å². The Hall–Kier alpha value is -2.51. The van der Waals surface area contributed by atoms with Crippen LogP contribution in [-0.2, 0) is 21.2 Å². The lowest BCUT2D eigenvalue weighted by atomic mass is 10.1. The highest BCUT2D eigenvalue weighted by Gasteiger charge is 2.26. The summed E-state index contributed by atoms with van der Waals surface area (Å²) < 4.78 is 27.1. The Morgan fingerprint density at radius 1 is 1.00 bits per heavy atom. The summed E-state index contributed by atoms with van der Waals surface area (Å²) in [6.07, 6.45) is 0.510. The first kappa shape index (κ1) is 19.8. The van der Waals surface area contributed by atoms with Gasteiger partial charge >= 0.3 is 0 Å². The molecule has 0 saturated carbocycles. The van der Waals surface area contributed by atoms with Gasteiger partial charge in [0.15, 0.2) is 0 Å². The number of nitrogens with one attached hydrogen (secondary N) is 1. The highest BCUT2D eigenvalue weighted by molar-refractivity contribution is 7.89. The molecule has 2 aromatic rings. The Labute approximate surface area is 154 Å². The van der Waals surface area contributed by atoms with Crippen LogP contribution in [0.15, 0.2) is 70.7 Å². The first-order chi connectivity index (χ1) is 12.4. The summed E-state index contributed by atoms with van der Waals surface area (Å²) in [6, 6.07) is 17.7. The maximum atomic E-state index is 12.9. The van der Waals surface area contributed by atoms with Crippen LogP contribution >= 0.6 is 0 Å². The molecule has 1 N–H and O–H groups in total. The second-order valence-corrected chi connectivity index (χ2v) is 7.92. The van der Waals surface area contributed by atoms with Crippen molar-refractivity contribution in [3.05, 3.63) is 66.2 Å². The van der Waals surface area contributed by atoms with E-state index in [1.54, 1.807) is 32.0 Å². The summed E-state index contributed by atoms with van der Waals surface area (Å²) in [5.41, 5.74) is 4.06. The third-order valence-electron chi connectivity index (χ3n) is 3.60. The van der Waals surface area contributed by atoms with Gasteiger partial charge in [-0.05, 0) is 38.0 Å². The van der Waals surface area contributed by atoms with Crippen LogP contribution in [0.3, 0.4) is 0 Å². The zero-order chi connectivity index (χ0) is 19.0. The van der Waals surface area contributed by atoms with E-state index < -0.39 is 15.9 Å². The highest BCUT2D eigenvalue weighted by atomic mass is 32.2. The molecule has 26 heavy (non-hydrogen) atoms. The number of benzene rings is 2. The Bertz CT molecular complexity index is 846. The van der Waals surface area contributed by atoms with E-state index in [1.165, 1.54) is 16.4 Å². The number of carbonyl (C=O) groups is 1. The quantitative estimate of drug-likeness (QED) is 0.570. The molecule has 0 bridgehead atoms. The molecule has 0 aliphatic carbocycles. The van der Waals surface area contributed by atoms with Gasteiger partial charge in [0.2, 0.25) is 10.0 Å². The molecule has 0 aliphatic rings. The lowest BCUT2D eigenvalue weighted by molar-refractivity contribution is -0.121. The van der Waals surface area contributed by atoms with Gasteiger partial charge < -0.3 is 0 Å². The van der Waals surface area contributed by atoms with Crippen molar-refractivity contribution in [3.63, 3.8) is 0 Å². The summed E-state index contributed by atoms with van der Waals surface area (Å²) in [5, 5.41) is 3.85. The summed E-state index contributed by atoms with van der Waals surface area (Å²) in [7, 11) is -3.78. The molecule has 2 rings (SSSR count). The van der Waals surface area contributed by atoms with Gasteiger partial charge in [0.1, 0.15) is 0 Å². The summed E-state index contributed by atoms with van der Waals surface area (Å²) in [4.78, 5) is 12.3. The molecule has 0 atom stereocenters. The van der Waals surface area contributed by atoms with Crippen molar-refractivity contribution in [2.24, 2.45) is 5.10 Å². The molecule has 0 heterocycles. The number of nitrogens with zero attached hydrogens (tertiary/aromatic N) is 2. The molecule has 0 radical (unpaired) electrons. The lowest BCUT2D eigenvalue weighted by Gasteiger charge is -2.21. The first-order valence-corrected chi connectivity index (χ1v) is 9.72. The molecular weight excluding hydrogens is 350 g/mol. The van der Waals surface area contributed by atoms with Crippen LogP contribution < -0.4 is 5.43 Å². The second-order valence-electron chi connectivity index (χ2n) is 5.98. The topological polar surface area (TPSA) is 78.8 Å². The van der Waals surface area contributed by atoms with E-state index in [0.717, 1.165) is 5.56 Å². The van der Waals surface area contributed by atoms with Gasteiger partial charge in [0.25, 0.3) is 5.91 Å². The molecule has 0 aliphatic heterocycles. The van der Waals surface area contributed by atoms with Crippen molar-refractivity contribution in [1.82, 2.24) is 9.73 Å². The molecule has 1 amide bonds. The van der Waals surface area contributed by atoms with E-state index in [1.807, 2.05) is 30.3 Å². The number of carbonyl (C=O) groups excluding carboxylic acids is 1. The van der Waals surface area contributed by atoms with Gasteiger partial charge in [0, 0.05) is 12.3 Å². The average molecular weight is 373 g/mol. The fourth-order valence-corrected chi connectivity index (χ4v) is 3.71. The third kappa shape index (κ3) is 5.79. The molecule has 7 heteroatoms. The van der Waals surface area contributed by atoms with Crippen molar-refractivity contribution in [2.75, 3.05) is 13.1 Å². The van der Waals surface area contributed by atoms with Crippen LogP contribution in [0.1, 0.15) is 19.4 Å². The van der Waals surface area contributed by atoms with E-state index in [4.69, 9.17) is 0 Å². The number of hydrogen-bond acceptors (Lipinski definition) is 4. The zero-order valence-corrected chi connectivity index (χ0v) is 15.7. The minimum Gasteiger partial charge on any atom is -0.272 e. The van der Waals surface area contributed by atoms with Gasteiger partial charge in [-0.3, -0.25) is 4.79 Å². The second kappa shape index (κ2) is 9.26. The lowest BCUT2D eigenvalue weighted by Crippen LogP contribution is -2.40. The van der Waals surface area contributed by atoms with Crippen molar-refractivity contribution in [1.29, 1.82) is 0 Å². The number of rotatable bonds is 8. The van der Waals surface area contributed by atoms with Gasteiger partial charge in [-0.15, -0.1) is 0 Å². The number of sulfonamides is 1. The number of hydrazone groups is 1. The van der Waals surface area contributed by atoms with Crippen molar-refractivity contribution in [2.45, 2.75) is 25.2 Å². The molecule has 2 aromatic carbocycles. The molecule has 0 spiro atoms. The molecule has 0 aromatic heterocycles. The SMILES string of the molecule is CC(C)=NNC(=O)CN(CCc1ccccc1)S(=O)(=O)c1ccccc1. The Kier molecular flexibility index (Phi) is 7.06. The number of hydrogen-bond donors (Lipinski definition) is 1. The Morgan fingerprint density at radius 3 is 2.15 bits per heavy atom. The average Bonchev–Trinajstić information content (AvgIpc) is 2.64. The van der Waals surface area contributed by atoms with Gasteiger partial charge in [-0.25, -0.2) is 13.8 Å². The van der Waals surface area contributed by atoms with E-state index in [9.17, 15) is 13.2 Å². The minimum atomic E-state index is -3.78. The normalized spacial score (nSPS) is 11.2. The predicted octanol–water partition coefficient (Wildman–Crippen LogP) is 2.43. The van der Waals surface area contributed by atoms with E-state index >= 15 is 0 Å². The first-order valence-electron chi connectivity index (χ1n) is 8.28. The monoisotopic (exact) mass is 373 g/mol. The van der Waals surface area contributed by atoms with E-state index in [2.05, 4.69) is 10.5 Å². The Balaban J connectivity index is 2.20. The van der Waals surface area contributed by atoms with Crippen LogP contribution in [-0.4, -0.2) is 37.4 Å². The fourth-order valence-electron chi connectivity index (χ4n) is 2.29. The maximum absolute atomic E-state index is 12.9. The van der Waals surface area contributed by atoms with Crippen LogP contribution in [0.2, 0.25) is 0 Å². The molecule has 0 fully saturated rings. The van der Waals surface area contributed by atoms with Gasteiger partial charge in [-0.1, -0.05) is 48.5 Å². The van der Waals surface area contributed by atoms with Crippen LogP contribution in [0.4, 0.5) is 0 Å². The minimum absolute atomic E-state index is 0.163. The summed E-state index contributed by atoms with van der Waals surface area (Å²) in [5.74, 6) is -0.473. The fraction of sp³-hybridized carbons (Fsp3) is 0.263. The summed E-state index contributed by atoms with van der Waals surface area (Å²) in [6.45, 7) is 3.40. The molecular formula is C19H23N3O3S. The van der Waals surface area contributed by atoms with Crippen LogP contribution in [0.25, 0.3) is 0 Å². The molecule has 138 valence electrons. The predicted molar refractivity (Wildman–Crippen MR) is 102 cm³/mol. The van der Waals surface area contributed by atoms with Crippen LogP contribution in [0, 0.1) is 0 Å². The van der Waals surface area contributed by atoms with E-state index in [-0.39, 0.29) is 18.0 Å². The van der Waals surface area contributed by atoms with Crippen LogP contribution in [0.5, 0.6) is 0 Å². The van der Waals surface area contributed by atoms with Crippen molar-refractivity contribution >= 4 is 21.6 Å². The van der Waals surface area contributed by atoms with E-state index in [0.29, 0.717) is 12.1 Å². The van der Waals surface area contributed by atoms with Crippen molar-refractivity contribution < 1.29 is 13.2 Å². The summed E-state index contributed by atoms with van der Waals surface area (Å²) >= 11 is 0. The zero-order valence-electron chi connectivity index (χ0n) is 14.9. The molecule has 0 saturated heterocycles. The largest absolute Gasteiger partial charge is 0.272 e. The number of amides is 1. The Morgan fingerprint density at radius 2 is 1.58 bits per heavy atom. The van der Waals surface area contributed by atoms with Gasteiger partial charge in [-0.2, -0.15) is 9.41 Å². The standard InChI is InChI=1S/C19H23N3O3S/c1-16(2)20-21-19(23)15-22(14-13-17-9-5-3-6-10-17)26(24,25)18-11-7-4-8-12-18/h3-12H,13-15H2,1-2H3,(H,21,23). The van der Waals surface area contributed by atoms with Crippen molar-refractivity contribution in [3.8, 4) is 0 Å². The highest BCUT2D eigenvalue weighted by Crippen LogP contribution is 2.16. The third-order valence-corrected chi connectivity index (χ3v) is 5.46.